The predicted molar refractivity (Wildman–Crippen MR) is 209 cm³/mol. The normalized spacial score (nSPS) is 16.8. The Kier molecular flexibility index (Phi) is 14.4. The van der Waals surface area contributed by atoms with Gasteiger partial charge >= 0.3 is 0 Å². The average molecular weight is 708 g/mol. The van der Waals surface area contributed by atoms with Gasteiger partial charge in [0.2, 0.25) is 0 Å². The first kappa shape index (κ1) is 39.7. The average Bonchev–Trinajstić information content (AvgIpc) is 3.47. The number of aromatic hydroxyl groups is 1. The SMILES string of the molecule is CC.CNC.N=C(N)/C(=C\C(=N)c1ccccc1O)c1ccc(C2CCN(C3CN(c4ccc5c(c4)CN(C(C=O)CCC=O)C5=O)C3)CC2)cc1. The van der Waals surface area contributed by atoms with Crippen LogP contribution in [0.1, 0.15) is 78.1 Å². The molecule has 6 N–H and O–H groups in total. The van der Waals surface area contributed by atoms with E-state index in [-0.39, 0.29) is 29.6 Å². The van der Waals surface area contributed by atoms with Crippen LogP contribution in [0.15, 0.2) is 72.8 Å². The maximum atomic E-state index is 12.9. The Morgan fingerprint density at radius 2 is 1.65 bits per heavy atom. The number of hydrogen-bond donors (Lipinski definition) is 5. The quantitative estimate of drug-likeness (QED) is 0.0972. The molecule has 3 aromatic carbocycles. The first-order valence-corrected chi connectivity index (χ1v) is 18.1. The molecule has 6 rings (SSSR count). The zero-order valence-electron chi connectivity index (χ0n) is 30.8. The monoisotopic (exact) mass is 707 g/mol. The Balaban J connectivity index is 0.00000115. The second-order valence-corrected chi connectivity index (χ2v) is 13.1. The van der Waals surface area contributed by atoms with Gasteiger partial charge in [-0.3, -0.25) is 15.1 Å². The van der Waals surface area contributed by atoms with Crippen molar-refractivity contribution < 1.29 is 19.5 Å². The van der Waals surface area contributed by atoms with Crippen LogP contribution in [0.2, 0.25) is 0 Å². The van der Waals surface area contributed by atoms with E-state index in [9.17, 15) is 19.5 Å². The van der Waals surface area contributed by atoms with Crippen molar-refractivity contribution in [2.75, 3.05) is 45.2 Å². The molecule has 0 saturated carbocycles. The molecule has 2 fully saturated rings. The maximum absolute atomic E-state index is 12.9. The van der Waals surface area contributed by atoms with Crippen LogP contribution in [0.25, 0.3) is 5.57 Å². The Labute approximate surface area is 307 Å². The molecule has 3 aromatic rings. The molecular formula is C41H53N7O4. The first-order valence-electron chi connectivity index (χ1n) is 18.1. The second kappa shape index (κ2) is 18.9. The van der Waals surface area contributed by atoms with Gasteiger partial charge in [-0.1, -0.05) is 50.2 Å². The van der Waals surface area contributed by atoms with Gasteiger partial charge in [-0.05, 0) is 105 Å². The molecule has 1 atom stereocenters. The van der Waals surface area contributed by atoms with Crippen LogP contribution in [-0.4, -0.2) is 97.3 Å². The minimum absolute atomic E-state index is 0.0132. The van der Waals surface area contributed by atoms with Crippen molar-refractivity contribution in [3.05, 3.63) is 101 Å². The zero-order valence-corrected chi connectivity index (χ0v) is 30.8. The van der Waals surface area contributed by atoms with Crippen LogP contribution >= 0.6 is 0 Å². The van der Waals surface area contributed by atoms with Crippen LogP contribution in [0, 0.1) is 10.8 Å². The topological polar surface area (TPSA) is 167 Å². The highest BCUT2D eigenvalue weighted by Gasteiger charge is 2.36. The summed E-state index contributed by atoms with van der Waals surface area (Å²) in [7, 11) is 3.75. The van der Waals surface area contributed by atoms with Crippen molar-refractivity contribution in [2.45, 2.75) is 64.1 Å². The molecule has 1 unspecified atom stereocenters. The minimum atomic E-state index is -0.579. The smallest absolute Gasteiger partial charge is 0.255 e. The Bertz CT molecular complexity index is 1740. The van der Waals surface area contributed by atoms with E-state index in [1.54, 1.807) is 23.1 Å². The van der Waals surface area contributed by atoms with E-state index in [1.807, 2.05) is 52.2 Å². The molecule has 0 radical (unpaired) electrons. The lowest BCUT2D eigenvalue weighted by atomic mass is 9.87. The molecule has 52 heavy (non-hydrogen) atoms. The number of phenols is 1. The summed E-state index contributed by atoms with van der Waals surface area (Å²) < 4.78 is 0. The molecule has 3 heterocycles. The van der Waals surface area contributed by atoms with Gasteiger partial charge in [0.05, 0.1) is 11.8 Å². The van der Waals surface area contributed by atoms with Crippen molar-refractivity contribution in [3.63, 3.8) is 0 Å². The van der Waals surface area contributed by atoms with E-state index in [0.717, 1.165) is 68.4 Å². The molecule has 3 aliphatic heterocycles. The third-order valence-corrected chi connectivity index (χ3v) is 9.80. The van der Waals surface area contributed by atoms with Crippen LogP contribution in [0.4, 0.5) is 5.69 Å². The summed E-state index contributed by atoms with van der Waals surface area (Å²) in [4.78, 5) is 41.8. The summed E-state index contributed by atoms with van der Waals surface area (Å²) in [5.74, 6) is 0.182. The first-order chi connectivity index (χ1) is 25.2. The van der Waals surface area contributed by atoms with Gasteiger partial charge in [-0.15, -0.1) is 0 Å². The Morgan fingerprint density at radius 1 is 1.00 bits per heavy atom. The van der Waals surface area contributed by atoms with E-state index in [2.05, 4.69) is 33.3 Å². The van der Waals surface area contributed by atoms with Crippen LogP contribution < -0.4 is 16.0 Å². The molecule has 0 aliphatic carbocycles. The van der Waals surface area contributed by atoms with Crippen LogP contribution in [0.3, 0.4) is 0 Å². The number of piperidine rings is 1. The molecule has 0 bridgehead atoms. The zero-order chi connectivity index (χ0) is 37.8. The van der Waals surface area contributed by atoms with Crippen molar-refractivity contribution in [1.29, 1.82) is 10.8 Å². The fourth-order valence-corrected chi connectivity index (χ4v) is 7.00. The number of hydrogen-bond acceptors (Lipinski definition) is 9. The summed E-state index contributed by atoms with van der Waals surface area (Å²) in [6.45, 7) is 8.29. The number of carbonyl (C=O) groups excluding carboxylic acids is 3. The third kappa shape index (κ3) is 9.20. The lowest BCUT2D eigenvalue weighted by Crippen LogP contribution is -2.60. The largest absolute Gasteiger partial charge is 0.507 e. The molecule has 1 amide bonds. The molecule has 276 valence electrons. The number of para-hydroxylation sites is 1. The van der Waals surface area contributed by atoms with E-state index in [1.165, 1.54) is 17.7 Å². The number of phenolic OH excluding ortho intramolecular Hbond substituents is 1. The Hall–Kier alpha value is -5.13. The minimum Gasteiger partial charge on any atom is -0.507 e. The lowest BCUT2D eigenvalue weighted by Gasteiger charge is -2.48. The number of benzene rings is 3. The molecule has 11 nitrogen and oxygen atoms in total. The Morgan fingerprint density at radius 3 is 2.25 bits per heavy atom. The number of allylic oxidation sites excluding steroid dienone is 1. The fraction of sp³-hybridized carbons (Fsp3) is 0.390. The fourth-order valence-electron chi connectivity index (χ4n) is 7.00. The molecule has 3 aliphatic rings. The number of amidine groups is 1. The summed E-state index contributed by atoms with van der Waals surface area (Å²) in [5, 5.41) is 29.4. The number of nitrogens with two attached hydrogens (primary N) is 1. The van der Waals surface area contributed by atoms with Gasteiger partial charge in [-0.25, -0.2) is 0 Å². The molecule has 2 saturated heterocycles. The predicted octanol–water partition coefficient (Wildman–Crippen LogP) is 5.21. The van der Waals surface area contributed by atoms with Gasteiger partial charge in [0, 0.05) is 54.5 Å². The summed E-state index contributed by atoms with van der Waals surface area (Å²) in [6, 6.07) is 20.6. The molecule has 0 aromatic heterocycles. The maximum Gasteiger partial charge on any atom is 0.255 e. The number of amides is 1. The van der Waals surface area contributed by atoms with E-state index in [0.29, 0.717) is 41.6 Å². The molecular weight excluding hydrogens is 654 g/mol. The molecule has 11 heteroatoms. The van der Waals surface area contributed by atoms with Crippen LogP contribution in [0.5, 0.6) is 5.75 Å². The van der Waals surface area contributed by atoms with Crippen LogP contribution in [-0.2, 0) is 16.1 Å². The lowest BCUT2D eigenvalue weighted by molar-refractivity contribution is -0.112. The van der Waals surface area contributed by atoms with Gasteiger partial charge < -0.3 is 41.0 Å². The van der Waals surface area contributed by atoms with E-state index in [4.69, 9.17) is 16.6 Å². The van der Waals surface area contributed by atoms with Crippen molar-refractivity contribution in [3.8, 4) is 5.75 Å². The van der Waals surface area contributed by atoms with Gasteiger partial charge in [0.1, 0.15) is 24.2 Å². The van der Waals surface area contributed by atoms with Gasteiger partial charge in [0.15, 0.2) is 0 Å². The van der Waals surface area contributed by atoms with E-state index >= 15 is 0 Å². The second-order valence-electron chi connectivity index (χ2n) is 13.1. The standard InChI is InChI=1S/C37H40N6O4.C2H7N.C2H6/c38-34(32-5-1-2-6-35(32)46)19-33(36(39)40)26-9-7-24(8-10-26)25-13-15-41(16-14-25)30-21-42(22-30)28-11-12-31-27(18-28)20-43(37(31)47)29(23-45)4-3-17-44;1-3-2;1-2/h1-2,5-12,17-19,23,25,29-30,38,46H,3-4,13-16,20-22H2,(H3,39,40);3H,1-2H3;1-2H3/b33-19-,38-34?;;. The van der Waals surface area contributed by atoms with Crippen molar-refractivity contribution in [2.24, 2.45) is 5.73 Å². The number of anilines is 1. The summed E-state index contributed by atoms with van der Waals surface area (Å²) >= 11 is 0. The number of rotatable bonds is 12. The highest BCUT2D eigenvalue weighted by atomic mass is 16.3. The van der Waals surface area contributed by atoms with E-state index < -0.39 is 6.04 Å². The van der Waals surface area contributed by atoms with Crippen molar-refractivity contribution >= 4 is 41.3 Å². The van der Waals surface area contributed by atoms with Crippen molar-refractivity contribution in [1.82, 2.24) is 15.1 Å². The van der Waals surface area contributed by atoms with Gasteiger partial charge in [0.25, 0.3) is 5.91 Å². The number of nitrogens with zero attached hydrogens (tertiary/aromatic N) is 3. The number of carbonyl (C=O) groups is 3. The highest BCUT2D eigenvalue weighted by molar-refractivity contribution is 6.27. The number of likely N-dealkylation sites (tertiary alicyclic amines) is 1. The van der Waals surface area contributed by atoms with Gasteiger partial charge in [-0.2, -0.15) is 0 Å². The third-order valence-electron chi connectivity index (χ3n) is 9.80. The summed E-state index contributed by atoms with van der Waals surface area (Å²) in [6.07, 6.45) is 5.80. The summed E-state index contributed by atoms with van der Waals surface area (Å²) in [5.41, 5.74) is 11.5. The number of aldehydes is 2. The highest BCUT2D eigenvalue weighted by Crippen LogP contribution is 2.35. The molecule has 0 spiro atoms. The number of fused-ring (bicyclic) bond motifs is 1. The number of nitrogens with one attached hydrogen (secondary N) is 3.